The summed E-state index contributed by atoms with van der Waals surface area (Å²) in [6.07, 6.45) is 5.57. The highest BCUT2D eigenvalue weighted by molar-refractivity contribution is 6.35. The van der Waals surface area contributed by atoms with Gasteiger partial charge >= 0.3 is 0 Å². The predicted molar refractivity (Wildman–Crippen MR) is 85.3 cm³/mol. The van der Waals surface area contributed by atoms with E-state index in [-0.39, 0.29) is 5.91 Å². The van der Waals surface area contributed by atoms with Crippen LogP contribution in [0.2, 0.25) is 10.0 Å². The highest BCUT2D eigenvalue weighted by Gasteiger charge is 2.21. The lowest BCUT2D eigenvalue weighted by atomic mass is 10.2. The molecule has 0 bridgehead atoms. The van der Waals surface area contributed by atoms with E-state index in [9.17, 15) is 4.79 Å². The molecule has 1 amide bonds. The van der Waals surface area contributed by atoms with Crippen LogP contribution in [0.25, 0.3) is 0 Å². The molecule has 0 saturated heterocycles. The molecule has 108 valence electrons. The smallest absolute Gasteiger partial charge is 0.257 e. The van der Waals surface area contributed by atoms with E-state index in [4.69, 9.17) is 23.2 Å². The van der Waals surface area contributed by atoms with Gasteiger partial charge < -0.3 is 10.6 Å². The van der Waals surface area contributed by atoms with Crippen molar-refractivity contribution in [3.63, 3.8) is 0 Å². The molecule has 1 aromatic carbocycles. The zero-order valence-electron chi connectivity index (χ0n) is 11.1. The molecule has 0 spiro atoms. The summed E-state index contributed by atoms with van der Waals surface area (Å²) in [5.74, 6) is -0.250. The van der Waals surface area contributed by atoms with E-state index in [1.165, 1.54) is 6.20 Å². The lowest BCUT2D eigenvalue weighted by Crippen LogP contribution is -2.13. The number of rotatable bonds is 4. The lowest BCUT2D eigenvalue weighted by Gasteiger charge is -2.08. The number of nitrogens with zero attached hydrogens (tertiary/aromatic N) is 1. The fourth-order valence-corrected chi connectivity index (χ4v) is 2.46. The minimum atomic E-state index is -0.250. The van der Waals surface area contributed by atoms with Crippen LogP contribution in [-0.2, 0) is 0 Å². The third-order valence-corrected chi connectivity index (χ3v) is 3.51. The largest absolute Gasteiger partial charge is 0.381 e. The Morgan fingerprint density at radius 2 is 1.76 bits per heavy atom. The number of nitrogens with one attached hydrogen (secondary N) is 2. The van der Waals surface area contributed by atoms with E-state index < -0.39 is 0 Å². The SMILES string of the molecule is O=C(Nc1cc(Cl)cc(Cl)c1)c1cncc(NC2CC2)c1. The van der Waals surface area contributed by atoms with Gasteiger partial charge in [-0.05, 0) is 37.1 Å². The van der Waals surface area contributed by atoms with Gasteiger partial charge in [0.25, 0.3) is 5.91 Å². The van der Waals surface area contributed by atoms with Crippen molar-refractivity contribution in [3.05, 3.63) is 52.3 Å². The molecule has 6 heteroatoms. The number of hydrogen-bond acceptors (Lipinski definition) is 3. The van der Waals surface area contributed by atoms with Gasteiger partial charge in [0.15, 0.2) is 0 Å². The second-order valence-corrected chi connectivity index (χ2v) is 5.87. The number of benzene rings is 1. The third kappa shape index (κ3) is 3.86. The zero-order valence-corrected chi connectivity index (χ0v) is 12.6. The summed E-state index contributed by atoms with van der Waals surface area (Å²) in [6.45, 7) is 0. The number of anilines is 2. The minimum absolute atomic E-state index is 0.250. The first-order valence-electron chi connectivity index (χ1n) is 6.59. The highest BCUT2D eigenvalue weighted by Crippen LogP contribution is 2.25. The molecule has 3 rings (SSSR count). The number of halogens is 2. The first-order valence-corrected chi connectivity index (χ1v) is 7.35. The Morgan fingerprint density at radius 1 is 1.05 bits per heavy atom. The molecule has 0 radical (unpaired) electrons. The van der Waals surface area contributed by atoms with E-state index in [1.54, 1.807) is 30.5 Å². The second-order valence-electron chi connectivity index (χ2n) is 4.99. The van der Waals surface area contributed by atoms with Gasteiger partial charge in [0.1, 0.15) is 0 Å². The molecule has 1 aliphatic carbocycles. The van der Waals surface area contributed by atoms with E-state index in [0.717, 1.165) is 18.5 Å². The summed E-state index contributed by atoms with van der Waals surface area (Å²) >= 11 is 11.8. The van der Waals surface area contributed by atoms with E-state index in [1.807, 2.05) is 0 Å². The van der Waals surface area contributed by atoms with E-state index in [2.05, 4.69) is 15.6 Å². The van der Waals surface area contributed by atoms with Crippen molar-refractivity contribution in [3.8, 4) is 0 Å². The zero-order chi connectivity index (χ0) is 14.8. The highest BCUT2D eigenvalue weighted by atomic mass is 35.5. The maximum Gasteiger partial charge on any atom is 0.257 e. The van der Waals surface area contributed by atoms with Gasteiger partial charge in [-0.25, -0.2) is 0 Å². The number of aromatic nitrogens is 1. The first kappa shape index (κ1) is 14.2. The van der Waals surface area contributed by atoms with Gasteiger partial charge in [-0.2, -0.15) is 0 Å². The van der Waals surface area contributed by atoms with Crippen molar-refractivity contribution >= 4 is 40.5 Å². The maximum atomic E-state index is 12.2. The Labute approximate surface area is 132 Å². The van der Waals surface area contributed by atoms with Crippen molar-refractivity contribution in [2.45, 2.75) is 18.9 Å². The summed E-state index contributed by atoms with van der Waals surface area (Å²) in [5.41, 5.74) is 1.89. The van der Waals surface area contributed by atoms with Crippen LogP contribution in [0, 0.1) is 0 Å². The molecule has 0 aliphatic heterocycles. The first-order chi connectivity index (χ1) is 10.1. The second kappa shape index (κ2) is 5.92. The van der Waals surface area contributed by atoms with Crippen LogP contribution in [0.15, 0.2) is 36.7 Å². The third-order valence-electron chi connectivity index (χ3n) is 3.07. The quantitative estimate of drug-likeness (QED) is 0.886. The van der Waals surface area contributed by atoms with Crippen LogP contribution in [0.5, 0.6) is 0 Å². The number of carbonyl (C=O) groups excluding carboxylic acids is 1. The Balaban J connectivity index is 1.74. The van der Waals surface area contributed by atoms with Crippen molar-refractivity contribution in [2.24, 2.45) is 0 Å². The van der Waals surface area contributed by atoms with Crippen molar-refractivity contribution < 1.29 is 4.79 Å². The van der Waals surface area contributed by atoms with E-state index in [0.29, 0.717) is 27.3 Å². The van der Waals surface area contributed by atoms with Crippen LogP contribution in [0.1, 0.15) is 23.2 Å². The van der Waals surface area contributed by atoms with Crippen molar-refractivity contribution in [1.29, 1.82) is 0 Å². The van der Waals surface area contributed by atoms with Crippen molar-refractivity contribution in [2.75, 3.05) is 10.6 Å². The fourth-order valence-electron chi connectivity index (χ4n) is 1.94. The topological polar surface area (TPSA) is 54.0 Å². The standard InChI is InChI=1S/C15H13Cl2N3O/c16-10-4-11(17)6-13(5-10)20-15(21)9-3-14(8-18-7-9)19-12-1-2-12/h3-8,12,19H,1-2H2,(H,20,21). The molecule has 2 aromatic rings. The molecular weight excluding hydrogens is 309 g/mol. The number of pyridine rings is 1. The molecule has 1 saturated carbocycles. The number of amides is 1. The summed E-state index contributed by atoms with van der Waals surface area (Å²) in [5, 5.41) is 7.01. The van der Waals surface area contributed by atoms with Crippen LogP contribution in [0.3, 0.4) is 0 Å². The molecule has 1 aliphatic rings. The van der Waals surface area contributed by atoms with Crippen molar-refractivity contribution in [1.82, 2.24) is 4.98 Å². The Bertz CT molecular complexity index is 666. The van der Waals surface area contributed by atoms with E-state index >= 15 is 0 Å². The van der Waals surface area contributed by atoms with Gasteiger partial charge in [0.2, 0.25) is 0 Å². The normalized spacial score (nSPS) is 13.8. The van der Waals surface area contributed by atoms with Gasteiger partial charge in [-0.15, -0.1) is 0 Å². The van der Waals surface area contributed by atoms with Gasteiger partial charge in [-0.1, -0.05) is 23.2 Å². The summed E-state index contributed by atoms with van der Waals surface area (Å²) in [6, 6.07) is 7.19. The maximum absolute atomic E-state index is 12.2. The molecule has 1 aromatic heterocycles. The lowest BCUT2D eigenvalue weighted by molar-refractivity contribution is 0.102. The van der Waals surface area contributed by atoms with Crippen LogP contribution in [0.4, 0.5) is 11.4 Å². The molecule has 2 N–H and O–H groups in total. The molecule has 0 unspecified atom stereocenters. The fraction of sp³-hybridized carbons (Fsp3) is 0.200. The monoisotopic (exact) mass is 321 g/mol. The van der Waals surface area contributed by atoms with Gasteiger partial charge in [-0.3, -0.25) is 9.78 Å². The molecule has 21 heavy (non-hydrogen) atoms. The van der Waals surface area contributed by atoms with Crippen LogP contribution in [-0.4, -0.2) is 16.9 Å². The Kier molecular flexibility index (Phi) is 3.99. The minimum Gasteiger partial charge on any atom is -0.381 e. The van der Waals surface area contributed by atoms with Crippen LogP contribution < -0.4 is 10.6 Å². The Morgan fingerprint density at radius 3 is 2.43 bits per heavy atom. The molecule has 4 nitrogen and oxygen atoms in total. The van der Waals surface area contributed by atoms with Crippen LogP contribution >= 0.6 is 23.2 Å². The molecule has 0 atom stereocenters. The average Bonchev–Trinajstić information content (AvgIpc) is 3.21. The summed E-state index contributed by atoms with van der Waals surface area (Å²) in [4.78, 5) is 16.3. The predicted octanol–water partition coefficient (Wildman–Crippen LogP) is 4.22. The molecule has 1 fully saturated rings. The number of carbonyl (C=O) groups is 1. The summed E-state index contributed by atoms with van der Waals surface area (Å²) < 4.78 is 0. The average molecular weight is 322 g/mol. The summed E-state index contributed by atoms with van der Waals surface area (Å²) in [7, 11) is 0. The van der Waals surface area contributed by atoms with Gasteiger partial charge in [0, 0.05) is 34.2 Å². The molecular formula is C15H13Cl2N3O. The Hall–Kier alpha value is -1.78. The number of hydrogen-bond donors (Lipinski definition) is 2. The molecule has 1 heterocycles. The van der Waals surface area contributed by atoms with Gasteiger partial charge in [0.05, 0.1) is 11.3 Å².